The Labute approximate surface area is 147 Å². The summed E-state index contributed by atoms with van der Waals surface area (Å²) in [5, 5.41) is 6.36. The fraction of sp³-hybridized carbons (Fsp3) is 0.235. The van der Waals surface area contributed by atoms with E-state index in [-0.39, 0.29) is 5.91 Å². The predicted molar refractivity (Wildman–Crippen MR) is 96.2 cm³/mol. The summed E-state index contributed by atoms with van der Waals surface area (Å²) in [6.07, 6.45) is 3.39. The van der Waals surface area contributed by atoms with Crippen molar-refractivity contribution in [3.63, 3.8) is 0 Å². The highest BCUT2D eigenvalue weighted by atomic mass is 32.1. The normalized spacial score (nSPS) is 12.7. The molecule has 3 aromatic rings. The topological polar surface area (TPSA) is 64.1 Å². The van der Waals surface area contributed by atoms with Crippen LogP contribution >= 0.6 is 22.7 Å². The summed E-state index contributed by atoms with van der Waals surface area (Å²) in [7, 11) is 0. The predicted octanol–water partition coefficient (Wildman–Crippen LogP) is 4.02. The van der Waals surface area contributed by atoms with E-state index in [0.29, 0.717) is 10.0 Å². The van der Waals surface area contributed by atoms with Gasteiger partial charge in [0.05, 0.1) is 23.5 Å². The Bertz CT molecular complexity index is 901. The number of aromatic nitrogens is 2. The van der Waals surface area contributed by atoms with E-state index in [1.807, 2.05) is 24.4 Å². The monoisotopic (exact) mass is 357 g/mol. The van der Waals surface area contributed by atoms with E-state index in [1.165, 1.54) is 28.2 Å². The molecule has 0 spiro atoms. The number of rotatable bonds is 4. The first-order valence-corrected chi connectivity index (χ1v) is 9.40. The quantitative estimate of drug-likeness (QED) is 0.766. The Morgan fingerprint density at radius 2 is 2.33 bits per heavy atom. The van der Waals surface area contributed by atoms with E-state index in [9.17, 15) is 4.79 Å². The van der Waals surface area contributed by atoms with Gasteiger partial charge in [0, 0.05) is 17.4 Å². The minimum absolute atomic E-state index is 0.157. The maximum Gasteiger partial charge on any atom is 0.269 e. The number of nitrogens with one attached hydrogen (secondary N) is 1. The van der Waals surface area contributed by atoms with E-state index in [4.69, 9.17) is 4.74 Å². The fourth-order valence-electron chi connectivity index (χ4n) is 2.55. The van der Waals surface area contributed by atoms with Crippen LogP contribution in [0.2, 0.25) is 0 Å². The third-order valence-corrected chi connectivity index (χ3v) is 5.69. The maximum absolute atomic E-state index is 12.3. The number of amides is 1. The number of hydrogen-bond acceptors (Lipinski definition) is 6. The second-order valence-corrected chi connectivity index (χ2v) is 7.36. The minimum Gasteiger partial charge on any atom is -0.493 e. The molecule has 0 aliphatic carbocycles. The molecule has 0 atom stereocenters. The molecule has 0 unspecified atom stereocenters. The highest BCUT2D eigenvalue weighted by Crippen LogP contribution is 2.32. The SMILES string of the molecule is CCc1ncc(C(=O)Nc2nc(-c3ccc4c(c3)CCO4)cs2)s1. The zero-order valence-corrected chi connectivity index (χ0v) is 14.7. The van der Waals surface area contributed by atoms with Gasteiger partial charge in [-0.1, -0.05) is 6.92 Å². The lowest BCUT2D eigenvalue weighted by molar-refractivity contribution is 0.103. The Balaban J connectivity index is 1.51. The molecule has 3 heterocycles. The van der Waals surface area contributed by atoms with E-state index < -0.39 is 0 Å². The molecule has 4 rings (SSSR count). The standard InChI is InChI=1S/C17H15N3O2S2/c1-2-15-18-8-14(24-15)16(21)20-17-19-12(9-23-17)10-3-4-13-11(7-10)5-6-22-13/h3-4,7-9H,2,5-6H2,1H3,(H,19,20,21). The van der Waals surface area contributed by atoms with Gasteiger partial charge >= 0.3 is 0 Å². The second-order valence-electron chi connectivity index (χ2n) is 5.38. The fourth-order valence-corrected chi connectivity index (χ4v) is 4.01. The van der Waals surface area contributed by atoms with Crippen molar-refractivity contribution in [3.05, 3.63) is 45.2 Å². The van der Waals surface area contributed by atoms with Crippen molar-refractivity contribution in [3.8, 4) is 17.0 Å². The largest absolute Gasteiger partial charge is 0.493 e. The third kappa shape index (κ3) is 2.92. The molecule has 24 heavy (non-hydrogen) atoms. The highest BCUT2D eigenvalue weighted by Gasteiger charge is 2.15. The van der Waals surface area contributed by atoms with Gasteiger partial charge in [0.15, 0.2) is 5.13 Å². The minimum atomic E-state index is -0.157. The third-order valence-electron chi connectivity index (χ3n) is 3.79. The van der Waals surface area contributed by atoms with Gasteiger partial charge in [0.2, 0.25) is 0 Å². The first-order valence-electron chi connectivity index (χ1n) is 7.70. The summed E-state index contributed by atoms with van der Waals surface area (Å²) in [6.45, 7) is 2.76. The van der Waals surface area contributed by atoms with Gasteiger partial charge in [0.25, 0.3) is 5.91 Å². The van der Waals surface area contributed by atoms with Crippen molar-refractivity contribution in [2.75, 3.05) is 11.9 Å². The molecule has 0 fully saturated rings. The van der Waals surface area contributed by atoms with Crippen LogP contribution < -0.4 is 10.1 Å². The van der Waals surface area contributed by atoms with E-state index in [2.05, 4.69) is 21.4 Å². The van der Waals surface area contributed by atoms with Crippen LogP contribution in [0, 0.1) is 0 Å². The molecule has 0 bridgehead atoms. The first kappa shape index (κ1) is 15.3. The smallest absolute Gasteiger partial charge is 0.269 e. The van der Waals surface area contributed by atoms with Crippen LogP contribution in [0.4, 0.5) is 5.13 Å². The van der Waals surface area contributed by atoms with E-state index in [0.717, 1.165) is 41.5 Å². The lowest BCUT2D eigenvalue weighted by atomic mass is 10.1. The second kappa shape index (κ2) is 6.33. The highest BCUT2D eigenvalue weighted by molar-refractivity contribution is 7.15. The van der Waals surface area contributed by atoms with E-state index >= 15 is 0 Å². The van der Waals surface area contributed by atoms with Gasteiger partial charge in [0.1, 0.15) is 10.6 Å². The molecule has 1 aliphatic heterocycles. The molecule has 7 heteroatoms. The van der Waals surface area contributed by atoms with Crippen LogP contribution in [0.25, 0.3) is 11.3 Å². The summed E-state index contributed by atoms with van der Waals surface area (Å²) in [5.41, 5.74) is 3.12. The molecule has 2 aromatic heterocycles. The van der Waals surface area contributed by atoms with Crippen molar-refractivity contribution < 1.29 is 9.53 Å². The number of fused-ring (bicyclic) bond motifs is 1. The van der Waals surface area contributed by atoms with Crippen molar-refractivity contribution in [1.82, 2.24) is 9.97 Å². The maximum atomic E-state index is 12.3. The molecule has 1 aromatic carbocycles. The summed E-state index contributed by atoms with van der Waals surface area (Å²) in [4.78, 5) is 21.6. The molecule has 122 valence electrons. The molecule has 0 saturated carbocycles. The number of benzene rings is 1. The number of aryl methyl sites for hydroxylation is 1. The van der Waals surface area contributed by atoms with Gasteiger partial charge in [-0.05, 0) is 30.2 Å². The Morgan fingerprint density at radius 3 is 3.17 bits per heavy atom. The van der Waals surface area contributed by atoms with Gasteiger partial charge in [-0.25, -0.2) is 9.97 Å². The van der Waals surface area contributed by atoms with Gasteiger partial charge in [-0.3, -0.25) is 10.1 Å². The zero-order chi connectivity index (χ0) is 16.5. The lowest BCUT2D eigenvalue weighted by Gasteiger charge is -2.01. The van der Waals surface area contributed by atoms with Crippen molar-refractivity contribution in [1.29, 1.82) is 0 Å². The molecule has 1 N–H and O–H groups in total. The average molecular weight is 357 g/mol. The van der Waals surface area contributed by atoms with E-state index in [1.54, 1.807) is 6.20 Å². The molecule has 1 aliphatic rings. The van der Waals surface area contributed by atoms with Crippen LogP contribution in [-0.2, 0) is 12.8 Å². The number of anilines is 1. The number of thiazole rings is 2. The molecular formula is C17H15N3O2S2. The number of ether oxygens (including phenoxy) is 1. The van der Waals surface area contributed by atoms with Crippen LogP contribution in [0.5, 0.6) is 5.75 Å². The Morgan fingerprint density at radius 1 is 1.42 bits per heavy atom. The van der Waals surface area contributed by atoms with Gasteiger partial charge < -0.3 is 4.74 Å². The van der Waals surface area contributed by atoms with Crippen molar-refractivity contribution >= 4 is 33.7 Å². The zero-order valence-electron chi connectivity index (χ0n) is 13.0. The summed E-state index contributed by atoms with van der Waals surface area (Å²) < 4.78 is 5.53. The molecule has 0 radical (unpaired) electrons. The Kier molecular flexibility index (Phi) is 4.03. The number of carbonyl (C=O) groups is 1. The summed E-state index contributed by atoms with van der Waals surface area (Å²) >= 11 is 2.84. The average Bonchev–Trinajstić information content (AvgIpc) is 3.33. The van der Waals surface area contributed by atoms with Crippen LogP contribution in [-0.4, -0.2) is 22.5 Å². The first-order chi connectivity index (χ1) is 11.7. The number of hydrogen-bond donors (Lipinski definition) is 1. The van der Waals surface area contributed by atoms with Crippen molar-refractivity contribution in [2.24, 2.45) is 0 Å². The van der Waals surface area contributed by atoms with Crippen LogP contribution in [0.15, 0.2) is 29.8 Å². The van der Waals surface area contributed by atoms with Crippen LogP contribution in [0.3, 0.4) is 0 Å². The molecule has 5 nitrogen and oxygen atoms in total. The molecule has 0 saturated heterocycles. The van der Waals surface area contributed by atoms with Gasteiger partial charge in [-0.2, -0.15) is 0 Å². The summed E-state index contributed by atoms with van der Waals surface area (Å²) in [6, 6.07) is 6.10. The Hall–Kier alpha value is -2.25. The van der Waals surface area contributed by atoms with Crippen LogP contribution in [0.1, 0.15) is 27.2 Å². The van der Waals surface area contributed by atoms with Crippen molar-refractivity contribution in [2.45, 2.75) is 19.8 Å². The molecule has 1 amide bonds. The van der Waals surface area contributed by atoms with Gasteiger partial charge in [-0.15, -0.1) is 22.7 Å². The number of carbonyl (C=O) groups excluding carboxylic acids is 1. The number of nitrogens with zero attached hydrogens (tertiary/aromatic N) is 2. The molecular weight excluding hydrogens is 342 g/mol. The lowest BCUT2D eigenvalue weighted by Crippen LogP contribution is -2.09. The summed E-state index contributed by atoms with van der Waals surface area (Å²) in [5.74, 6) is 0.801.